The minimum atomic E-state index is 0.487. The lowest BCUT2D eigenvalue weighted by Crippen LogP contribution is -2.18. The first-order valence-corrected chi connectivity index (χ1v) is 7.36. The standard InChI is InChI=1S/C15H22ClNO3/c1-18-7-5-17-9-12-2-3-15(14(16)8-12)20-11-13-4-6-19-10-13/h2-3,8,13,17H,4-7,9-11H2,1H3. The Kier molecular flexibility index (Phi) is 6.60. The summed E-state index contributed by atoms with van der Waals surface area (Å²) in [5.74, 6) is 1.24. The Labute approximate surface area is 125 Å². The number of rotatable bonds is 8. The van der Waals surface area contributed by atoms with Crippen LogP contribution in [0.5, 0.6) is 5.75 Å². The fourth-order valence-electron chi connectivity index (χ4n) is 2.10. The molecule has 1 aliphatic heterocycles. The van der Waals surface area contributed by atoms with Crippen LogP contribution < -0.4 is 10.1 Å². The summed E-state index contributed by atoms with van der Waals surface area (Å²) in [5.41, 5.74) is 1.14. The number of benzene rings is 1. The molecular formula is C15H22ClNO3. The first-order valence-electron chi connectivity index (χ1n) is 6.98. The van der Waals surface area contributed by atoms with Crippen LogP contribution in [0.15, 0.2) is 18.2 Å². The zero-order valence-corrected chi connectivity index (χ0v) is 12.6. The van der Waals surface area contributed by atoms with Crippen molar-refractivity contribution < 1.29 is 14.2 Å². The van der Waals surface area contributed by atoms with E-state index in [2.05, 4.69) is 5.32 Å². The highest BCUT2D eigenvalue weighted by molar-refractivity contribution is 6.32. The van der Waals surface area contributed by atoms with E-state index in [1.54, 1.807) is 7.11 Å². The smallest absolute Gasteiger partial charge is 0.137 e. The van der Waals surface area contributed by atoms with E-state index in [0.717, 1.165) is 44.0 Å². The Morgan fingerprint density at radius 3 is 3.05 bits per heavy atom. The summed E-state index contributed by atoms with van der Waals surface area (Å²) in [4.78, 5) is 0. The minimum absolute atomic E-state index is 0.487. The van der Waals surface area contributed by atoms with Gasteiger partial charge in [-0.15, -0.1) is 0 Å². The Balaban J connectivity index is 1.78. The van der Waals surface area contributed by atoms with Crippen molar-refractivity contribution in [2.24, 2.45) is 5.92 Å². The van der Waals surface area contributed by atoms with Gasteiger partial charge >= 0.3 is 0 Å². The highest BCUT2D eigenvalue weighted by Crippen LogP contribution is 2.26. The van der Waals surface area contributed by atoms with E-state index in [1.165, 1.54) is 0 Å². The second-order valence-electron chi connectivity index (χ2n) is 4.97. The van der Waals surface area contributed by atoms with Gasteiger partial charge in [0.1, 0.15) is 5.75 Å². The number of nitrogens with one attached hydrogen (secondary N) is 1. The second kappa shape index (κ2) is 8.47. The van der Waals surface area contributed by atoms with Crippen molar-refractivity contribution in [3.05, 3.63) is 28.8 Å². The molecule has 2 rings (SSSR count). The highest BCUT2D eigenvalue weighted by Gasteiger charge is 2.16. The van der Waals surface area contributed by atoms with Gasteiger partial charge in [0, 0.05) is 32.7 Å². The molecule has 5 heteroatoms. The molecule has 20 heavy (non-hydrogen) atoms. The Morgan fingerprint density at radius 2 is 2.35 bits per heavy atom. The molecule has 1 atom stereocenters. The maximum atomic E-state index is 6.25. The van der Waals surface area contributed by atoms with E-state index >= 15 is 0 Å². The minimum Gasteiger partial charge on any atom is -0.492 e. The summed E-state index contributed by atoms with van der Waals surface area (Å²) in [6.45, 7) is 4.62. The van der Waals surface area contributed by atoms with Crippen molar-refractivity contribution in [3.63, 3.8) is 0 Å². The first kappa shape index (κ1) is 15.6. The lowest BCUT2D eigenvalue weighted by atomic mass is 10.1. The van der Waals surface area contributed by atoms with E-state index < -0.39 is 0 Å². The number of halogens is 1. The SMILES string of the molecule is COCCNCc1ccc(OCC2CCOC2)c(Cl)c1. The molecule has 1 fully saturated rings. The van der Waals surface area contributed by atoms with E-state index in [4.69, 9.17) is 25.8 Å². The van der Waals surface area contributed by atoms with Crippen LogP contribution in [0.4, 0.5) is 0 Å². The van der Waals surface area contributed by atoms with Crippen LogP contribution in [0, 0.1) is 5.92 Å². The van der Waals surface area contributed by atoms with E-state index in [0.29, 0.717) is 24.2 Å². The van der Waals surface area contributed by atoms with Crippen molar-refractivity contribution >= 4 is 11.6 Å². The maximum absolute atomic E-state index is 6.25. The van der Waals surface area contributed by atoms with E-state index in [1.807, 2.05) is 18.2 Å². The van der Waals surface area contributed by atoms with Gasteiger partial charge in [-0.1, -0.05) is 17.7 Å². The average Bonchev–Trinajstić information content (AvgIpc) is 2.96. The third-order valence-corrected chi connectivity index (χ3v) is 3.60. The van der Waals surface area contributed by atoms with Gasteiger partial charge in [0.25, 0.3) is 0 Å². The molecule has 1 unspecified atom stereocenters. The van der Waals surface area contributed by atoms with Crippen LogP contribution in [0.2, 0.25) is 5.02 Å². The molecule has 0 aliphatic carbocycles. The lowest BCUT2D eigenvalue weighted by Gasteiger charge is -2.12. The summed E-state index contributed by atoms with van der Waals surface area (Å²) in [6, 6.07) is 5.92. The van der Waals surface area contributed by atoms with Gasteiger partial charge in [0.15, 0.2) is 0 Å². The third kappa shape index (κ3) is 4.94. The predicted octanol–water partition coefficient (Wildman–Crippen LogP) is 2.49. The molecule has 1 aromatic rings. The molecule has 112 valence electrons. The largest absolute Gasteiger partial charge is 0.492 e. The quantitative estimate of drug-likeness (QED) is 0.749. The van der Waals surface area contributed by atoms with Gasteiger partial charge in [0.2, 0.25) is 0 Å². The summed E-state index contributed by atoms with van der Waals surface area (Å²) < 4.78 is 16.1. The number of hydrogen-bond acceptors (Lipinski definition) is 4. The number of methoxy groups -OCH3 is 1. The van der Waals surface area contributed by atoms with Crippen LogP contribution >= 0.6 is 11.6 Å². The summed E-state index contributed by atoms with van der Waals surface area (Å²) in [6.07, 6.45) is 1.07. The van der Waals surface area contributed by atoms with Crippen LogP contribution in [0.3, 0.4) is 0 Å². The van der Waals surface area contributed by atoms with Gasteiger partial charge in [0.05, 0.1) is 24.8 Å². The molecule has 1 heterocycles. The van der Waals surface area contributed by atoms with Crippen LogP contribution in [-0.2, 0) is 16.0 Å². The van der Waals surface area contributed by atoms with Crippen molar-refractivity contribution in [2.75, 3.05) is 40.1 Å². The average molecular weight is 300 g/mol. The van der Waals surface area contributed by atoms with Crippen molar-refractivity contribution in [3.8, 4) is 5.75 Å². The van der Waals surface area contributed by atoms with Gasteiger partial charge in [-0.2, -0.15) is 0 Å². The van der Waals surface area contributed by atoms with E-state index in [9.17, 15) is 0 Å². The molecular weight excluding hydrogens is 278 g/mol. The summed E-state index contributed by atoms with van der Waals surface area (Å²) in [7, 11) is 1.69. The number of hydrogen-bond donors (Lipinski definition) is 1. The van der Waals surface area contributed by atoms with Crippen molar-refractivity contribution in [1.29, 1.82) is 0 Å². The second-order valence-corrected chi connectivity index (χ2v) is 5.38. The molecule has 1 saturated heterocycles. The molecule has 4 nitrogen and oxygen atoms in total. The van der Waals surface area contributed by atoms with Crippen LogP contribution in [0.25, 0.3) is 0 Å². The normalized spacial score (nSPS) is 18.4. The maximum Gasteiger partial charge on any atom is 0.137 e. The molecule has 0 saturated carbocycles. The lowest BCUT2D eigenvalue weighted by molar-refractivity contribution is 0.167. The van der Waals surface area contributed by atoms with Gasteiger partial charge in [-0.05, 0) is 24.1 Å². The fourth-order valence-corrected chi connectivity index (χ4v) is 2.36. The molecule has 0 aromatic heterocycles. The van der Waals surface area contributed by atoms with Gasteiger partial charge in [-0.3, -0.25) is 0 Å². The number of ether oxygens (including phenoxy) is 3. The monoisotopic (exact) mass is 299 g/mol. The first-order chi connectivity index (χ1) is 9.79. The van der Waals surface area contributed by atoms with E-state index in [-0.39, 0.29) is 0 Å². The van der Waals surface area contributed by atoms with Gasteiger partial charge < -0.3 is 19.5 Å². The topological polar surface area (TPSA) is 39.7 Å². The summed E-state index contributed by atoms with van der Waals surface area (Å²) in [5, 5.41) is 3.95. The third-order valence-electron chi connectivity index (χ3n) is 3.31. The predicted molar refractivity (Wildman–Crippen MR) is 79.5 cm³/mol. The fraction of sp³-hybridized carbons (Fsp3) is 0.600. The Bertz CT molecular complexity index is 408. The van der Waals surface area contributed by atoms with Crippen LogP contribution in [0.1, 0.15) is 12.0 Å². The van der Waals surface area contributed by atoms with Crippen LogP contribution in [-0.4, -0.2) is 40.1 Å². The summed E-state index contributed by atoms with van der Waals surface area (Å²) >= 11 is 6.25. The Morgan fingerprint density at radius 1 is 1.45 bits per heavy atom. The molecule has 0 bridgehead atoms. The van der Waals surface area contributed by atoms with Crippen molar-refractivity contribution in [2.45, 2.75) is 13.0 Å². The Hall–Kier alpha value is -0.810. The molecule has 1 aromatic carbocycles. The molecule has 0 spiro atoms. The molecule has 1 N–H and O–H groups in total. The molecule has 0 radical (unpaired) electrons. The van der Waals surface area contributed by atoms with Crippen molar-refractivity contribution in [1.82, 2.24) is 5.32 Å². The molecule has 1 aliphatic rings. The van der Waals surface area contributed by atoms with Gasteiger partial charge in [-0.25, -0.2) is 0 Å². The zero-order valence-electron chi connectivity index (χ0n) is 11.9. The molecule has 0 amide bonds. The highest BCUT2D eigenvalue weighted by atomic mass is 35.5. The zero-order chi connectivity index (χ0) is 14.2.